The average Bonchev–Trinajstić information content (AvgIpc) is 2.50. The van der Waals surface area contributed by atoms with Crippen molar-refractivity contribution in [2.45, 2.75) is 30.8 Å². The van der Waals surface area contributed by atoms with Gasteiger partial charge in [0, 0.05) is 6.42 Å². The number of benzene rings is 1. The van der Waals surface area contributed by atoms with Crippen molar-refractivity contribution >= 4 is 28.0 Å². The molecule has 0 fully saturated rings. The summed E-state index contributed by atoms with van der Waals surface area (Å²) in [5, 5.41) is 2.07. The molecule has 27 heavy (non-hydrogen) atoms. The van der Waals surface area contributed by atoms with Gasteiger partial charge in [-0.1, -0.05) is 18.2 Å². The van der Waals surface area contributed by atoms with Crippen molar-refractivity contribution in [1.29, 1.82) is 0 Å². The maximum absolute atomic E-state index is 12.4. The van der Waals surface area contributed by atoms with E-state index in [9.17, 15) is 26.4 Å². The van der Waals surface area contributed by atoms with E-state index in [0.29, 0.717) is 0 Å². The Morgan fingerprint density at radius 2 is 1.85 bits per heavy atom. The number of aromatic nitrogens is 3. The van der Waals surface area contributed by atoms with E-state index in [1.54, 1.807) is 4.72 Å². The molecule has 2 rings (SSSR count). The zero-order valence-electron chi connectivity index (χ0n) is 13.9. The van der Waals surface area contributed by atoms with Crippen LogP contribution in [0.15, 0.2) is 29.2 Å². The van der Waals surface area contributed by atoms with E-state index in [1.165, 1.54) is 25.1 Å². The molecule has 0 radical (unpaired) electrons. The van der Waals surface area contributed by atoms with Crippen molar-refractivity contribution in [2.24, 2.45) is 0 Å². The SMILES string of the molecule is Cc1nc(N)nc(NC(=O)NS(=O)(=O)c2ccccc2CCC(F)(F)F)n1. The highest BCUT2D eigenvalue weighted by molar-refractivity contribution is 7.90. The fourth-order valence-corrected chi connectivity index (χ4v) is 3.29. The van der Waals surface area contributed by atoms with Crippen LogP contribution >= 0.6 is 0 Å². The minimum absolute atomic E-state index is 0.0737. The molecule has 0 saturated heterocycles. The van der Waals surface area contributed by atoms with Crippen LogP contribution in [0.3, 0.4) is 0 Å². The van der Waals surface area contributed by atoms with E-state index in [0.717, 1.165) is 6.07 Å². The van der Waals surface area contributed by atoms with Crippen LogP contribution in [0, 0.1) is 6.92 Å². The second kappa shape index (κ2) is 7.73. The van der Waals surface area contributed by atoms with Crippen LogP contribution in [-0.2, 0) is 16.4 Å². The van der Waals surface area contributed by atoms with Crippen molar-refractivity contribution in [1.82, 2.24) is 19.7 Å². The van der Waals surface area contributed by atoms with E-state index in [1.807, 2.05) is 0 Å². The fourth-order valence-electron chi connectivity index (χ4n) is 2.11. The van der Waals surface area contributed by atoms with Gasteiger partial charge in [-0.3, -0.25) is 5.32 Å². The Morgan fingerprint density at radius 1 is 1.19 bits per heavy atom. The second-order valence-electron chi connectivity index (χ2n) is 5.35. The van der Waals surface area contributed by atoms with Crippen LogP contribution in [0.25, 0.3) is 0 Å². The number of hydrogen-bond donors (Lipinski definition) is 3. The van der Waals surface area contributed by atoms with Gasteiger partial charge in [-0.05, 0) is 25.0 Å². The molecule has 4 N–H and O–H groups in total. The molecule has 0 aliphatic rings. The molecular formula is C14H15F3N6O3S. The number of anilines is 2. The van der Waals surface area contributed by atoms with Gasteiger partial charge in [0.15, 0.2) is 0 Å². The topological polar surface area (TPSA) is 140 Å². The minimum atomic E-state index is -4.45. The van der Waals surface area contributed by atoms with Crippen molar-refractivity contribution in [3.05, 3.63) is 35.7 Å². The Bertz CT molecular complexity index is 929. The molecule has 1 heterocycles. The zero-order valence-corrected chi connectivity index (χ0v) is 14.7. The summed E-state index contributed by atoms with van der Waals surface area (Å²) >= 11 is 0. The number of urea groups is 1. The number of aryl methyl sites for hydroxylation is 2. The first-order valence-corrected chi connectivity index (χ1v) is 8.91. The van der Waals surface area contributed by atoms with Gasteiger partial charge < -0.3 is 5.73 Å². The summed E-state index contributed by atoms with van der Waals surface area (Å²) in [5.41, 5.74) is 5.32. The van der Waals surface area contributed by atoms with Gasteiger partial charge in [0.25, 0.3) is 10.0 Å². The monoisotopic (exact) mass is 404 g/mol. The first-order chi connectivity index (χ1) is 12.5. The number of amides is 2. The Morgan fingerprint density at radius 3 is 2.48 bits per heavy atom. The summed E-state index contributed by atoms with van der Waals surface area (Å²) in [5.74, 6) is -0.269. The molecule has 0 aliphatic carbocycles. The van der Waals surface area contributed by atoms with E-state index >= 15 is 0 Å². The molecule has 2 amide bonds. The second-order valence-corrected chi connectivity index (χ2v) is 7.00. The number of hydrogen-bond acceptors (Lipinski definition) is 7. The van der Waals surface area contributed by atoms with Crippen molar-refractivity contribution in [2.75, 3.05) is 11.1 Å². The largest absolute Gasteiger partial charge is 0.389 e. The third-order valence-corrected chi connectivity index (χ3v) is 4.59. The molecule has 13 heteroatoms. The first-order valence-electron chi connectivity index (χ1n) is 7.43. The quantitative estimate of drug-likeness (QED) is 0.690. The predicted molar refractivity (Wildman–Crippen MR) is 89.1 cm³/mol. The van der Waals surface area contributed by atoms with Crippen LogP contribution in [0.4, 0.5) is 29.9 Å². The molecule has 1 aromatic carbocycles. The Kier molecular flexibility index (Phi) is 5.83. The number of rotatable bonds is 5. The van der Waals surface area contributed by atoms with Crippen LogP contribution < -0.4 is 15.8 Å². The Balaban J connectivity index is 2.17. The summed E-state index contributed by atoms with van der Waals surface area (Å²) in [6.45, 7) is 1.48. The van der Waals surface area contributed by atoms with E-state index in [4.69, 9.17) is 5.73 Å². The normalized spacial score (nSPS) is 11.9. The van der Waals surface area contributed by atoms with Crippen LogP contribution in [0.1, 0.15) is 17.8 Å². The molecule has 1 aromatic heterocycles. The maximum atomic E-state index is 12.4. The fraction of sp³-hybridized carbons (Fsp3) is 0.286. The minimum Gasteiger partial charge on any atom is -0.368 e. The number of alkyl halides is 3. The van der Waals surface area contributed by atoms with Crippen molar-refractivity contribution < 1.29 is 26.4 Å². The Hall–Kier alpha value is -2.96. The number of halogens is 3. The van der Waals surface area contributed by atoms with Crippen molar-refractivity contribution in [3.8, 4) is 0 Å². The summed E-state index contributed by atoms with van der Waals surface area (Å²) in [6.07, 6.45) is -6.20. The zero-order chi connectivity index (χ0) is 20.2. The lowest BCUT2D eigenvalue weighted by atomic mass is 10.1. The maximum Gasteiger partial charge on any atom is 0.389 e. The molecule has 2 aromatic rings. The van der Waals surface area contributed by atoms with Crippen LogP contribution in [0.2, 0.25) is 0 Å². The van der Waals surface area contributed by atoms with Gasteiger partial charge in [0.1, 0.15) is 5.82 Å². The highest BCUT2D eigenvalue weighted by Gasteiger charge is 2.28. The lowest BCUT2D eigenvalue weighted by molar-refractivity contribution is -0.134. The molecule has 9 nitrogen and oxygen atoms in total. The average molecular weight is 404 g/mol. The van der Waals surface area contributed by atoms with E-state index in [-0.39, 0.29) is 23.3 Å². The number of nitrogens with zero attached hydrogens (tertiary/aromatic N) is 3. The lowest BCUT2D eigenvalue weighted by Crippen LogP contribution is -2.35. The summed E-state index contributed by atoms with van der Waals surface area (Å²) < 4.78 is 63.7. The molecule has 0 atom stereocenters. The molecule has 0 spiro atoms. The van der Waals surface area contributed by atoms with Gasteiger partial charge in [0.2, 0.25) is 11.9 Å². The molecular weight excluding hydrogens is 389 g/mol. The smallest absolute Gasteiger partial charge is 0.368 e. The lowest BCUT2D eigenvalue weighted by Gasteiger charge is -2.13. The third-order valence-electron chi connectivity index (χ3n) is 3.16. The standard InChI is InChI=1S/C14H15F3N6O3S/c1-8-19-11(18)21-12(20-8)22-13(24)23-27(25,26)10-5-3-2-4-9(10)6-7-14(15,16)17/h2-5H,6-7H2,1H3,(H4,18,19,20,21,22,23,24). The molecule has 0 saturated carbocycles. The van der Waals surface area contributed by atoms with Gasteiger partial charge in [-0.2, -0.15) is 28.1 Å². The predicted octanol–water partition coefficient (Wildman–Crippen LogP) is 1.77. The molecule has 146 valence electrons. The number of carbonyl (C=O) groups excluding carboxylic acids is 1. The number of nitrogens with one attached hydrogen (secondary N) is 2. The number of nitrogens with two attached hydrogens (primary N) is 1. The van der Waals surface area contributed by atoms with Gasteiger partial charge in [-0.25, -0.2) is 17.9 Å². The van der Waals surface area contributed by atoms with Gasteiger partial charge >= 0.3 is 12.2 Å². The Labute approximate surface area is 152 Å². The first kappa shape index (κ1) is 20.4. The summed E-state index contributed by atoms with van der Waals surface area (Å²) in [4.78, 5) is 22.6. The van der Waals surface area contributed by atoms with E-state index in [2.05, 4.69) is 20.3 Å². The summed E-state index contributed by atoms with van der Waals surface area (Å²) in [6, 6.07) is 3.88. The van der Waals surface area contributed by atoms with Gasteiger partial charge in [-0.15, -0.1) is 0 Å². The van der Waals surface area contributed by atoms with Crippen LogP contribution in [0.5, 0.6) is 0 Å². The third kappa shape index (κ3) is 6.06. The molecule has 0 aliphatic heterocycles. The van der Waals surface area contributed by atoms with E-state index < -0.39 is 40.0 Å². The summed E-state index contributed by atoms with van der Waals surface area (Å²) in [7, 11) is -4.43. The number of carbonyl (C=O) groups is 1. The molecule has 0 bridgehead atoms. The molecule has 0 unspecified atom stereocenters. The number of sulfonamides is 1. The van der Waals surface area contributed by atoms with Crippen molar-refractivity contribution in [3.63, 3.8) is 0 Å². The highest BCUT2D eigenvalue weighted by Crippen LogP contribution is 2.25. The number of nitrogen functional groups attached to an aromatic ring is 1. The highest BCUT2D eigenvalue weighted by atomic mass is 32.2. The van der Waals surface area contributed by atoms with Crippen LogP contribution in [-0.4, -0.2) is 35.6 Å². The van der Waals surface area contributed by atoms with Gasteiger partial charge in [0.05, 0.1) is 4.90 Å².